The van der Waals surface area contributed by atoms with Crippen LogP contribution >= 0.6 is 0 Å². The van der Waals surface area contributed by atoms with E-state index in [4.69, 9.17) is 4.74 Å². The third kappa shape index (κ3) is 3.19. The minimum absolute atomic E-state index is 0.153. The van der Waals surface area contributed by atoms with Crippen molar-refractivity contribution in [3.05, 3.63) is 35.9 Å². The summed E-state index contributed by atoms with van der Waals surface area (Å²) in [5.41, 5.74) is 1.19. The standard InChI is InChI=1S/C16H22N2O2/c19-16(14-9-17-10-14)18(12-15-7-4-8-20-15)11-13-5-2-1-3-6-13/h1-3,5-6,14-15,17H,4,7-12H2. The van der Waals surface area contributed by atoms with Crippen LogP contribution < -0.4 is 5.32 Å². The maximum Gasteiger partial charge on any atom is 0.228 e. The first-order valence-electron chi connectivity index (χ1n) is 7.48. The van der Waals surface area contributed by atoms with Gasteiger partial charge in [0.2, 0.25) is 5.91 Å². The fraction of sp³-hybridized carbons (Fsp3) is 0.562. The van der Waals surface area contributed by atoms with Crippen molar-refractivity contribution in [2.75, 3.05) is 26.2 Å². The number of benzene rings is 1. The molecule has 1 amide bonds. The fourth-order valence-electron chi connectivity index (χ4n) is 2.79. The Balaban J connectivity index is 1.66. The van der Waals surface area contributed by atoms with Crippen molar-refractivity contribution in [2.24, 2.45) is 5.92 Å². The highest BCUT2D eigenvalue weighted by molar-refractivity contribution is 5.80. The zero-order valence-electron chi connectivity index (χ0n) is 11.8. The first kappa shape index (κ1) is 13.6. The lowest BCUT2D eigenvalue weighted by molar-refractivity contribution is -0.139. The molecule has 2 aliphatic heterocycles. The van der Waals surface area contributed by atoms with Crippen molar-refractivity contribution in [3.8, 4) is 0 Å². The van der Waals surface area contributed by atoms with Crippen LogP contribution in [0.25, 0.3) is 0 Å². The summed E-state index contributed by atoms with van der Waals surface area (Å²) in [6.07, 6.45) is 2.40. The number of carbonyl (C=O) groups excluding carboxylic acids is 1. The van der Waals surface area contributed by atoms with E-state index in [1.807, 2.05) is 23.1 Å². The highest BCUT2D eigenvalue weighted by Crippen LogP contribution is 2.18. The number of hydrogen-bond donors (Lipinski definition) is 1. The summed E-state index contributed by atoms with van der Waals surface area (Å²) in [6, 6.07) is 10.2. The molecule has 3 rings (SSSR count). The zero-order valence-corrected chi connectivity index (χ0v) is 11.8. The molecule has 2 saturated heterocycles. The van der Waals surface area contributed by atoms with E-state index >= 15 is 0 Å². The van der Waals surface area contributed by atoms with Crippen LogP contribution in [0.1, 0.15) is 18.4 Å². The largest absolute Gasteiger partial charge is 0.376 e. The Hall–Kier alpha value is -1.39. The second-order valence-electron chi connectivity index (χ2n) is 5.69. The van der Waals surface area contributed by atoms with E-state index in [9.17, 15) is 4.79 Å². The fourth-order valence-corrected chi connectivity index (χ4v) is 2.79. The highest BCUT2D eigenvalue weighted by atomic mass is 16.5. The van der Waals surface area contributed by atoms with Crippen LogP contribution in [0.5, 0.6) is 0 Å². The molecule has 1 aromatic rings. The molecule has 1 N–H and O–H groups in total. The molecule has 20 heavy (non-hydrogen) atoms. The van der Waals surface area contributed by atoms with Gasteiger partial charge in [-0.1, -0.05) is 30.3 Å². The van der Waals surface area contributed by atoms with Crippen molar-refractivity contribution in [1.29, 1.82) is 0 Å². The minimum atomic E-state index is 0.153. The Kier molecular flexibility index (Phi) is 4.33. The lowest BCUT2D eigenvalue weighted by Gasteiger charge is -2.33. The molecule has 4 heteroatoms. The SMILES string of the molecule is O=C(C1CNC1)N(Cc1ccccc1)CC1CCCO1. The molecule has 4 nitrogen and oxygen atoms in total. The van der Waals surface area contributed by atoms with Gasteiger partial charge in [0.05, 0.1) is 12.0 Å². The van der Waals surface area contributed by atoms with Crippen LogP contribution in [0, 0.1) is 5.92 Å². The molecule has 2 heterocycles. The molecule has 2 fully saturated rings. The maximum atomic E-state index is 12.5. The predicted octanol–water partition coefficient (Wildman–Crippen LogP) is 1.41. The van der Waals surface area contributed by atoms with Crippen LogP contribution in [-0.2, 0) is 16.1 Å². The number of rotatable bonds is 5. The normalized spacial score (nSPS) is 22.5. The van der Waals surface area contributed by atoms with Gasteiger partial charge in [0, 0.05) is 32.8 Å². The van der Waals surface area contributed by atoms with Crippen molar-refractivity contribution in [2.45, 2.75) is 25.5 Å². The summed E-state index contributed by atoms with van der Waals surface area (Å²) in [4.78, 5) is 14.5. The molecule has 0 bridgehead atoms. The zero-order chi connectivity index (χ0) is 13.8. The Bertz CT molecular complexity index is 439. The van der Waals surface area contributed by atoms with Crippen LogP contribution in [0.4, 0.5) is 0 Å². The lowest BCUT2D eigenvalue weighted by atomic mass is 10.0. The molecule has 1 unspecified atom stereocenters. The van der Waals surface area contributed by atoms with E-state index in [-0.39, 0.29) is 17.9 Å². The topological polar surface area (TPSA) is 41.6 Å². The molecule has 0 aromatic heterocycles. The van der Waals surface area contributed by atoms with Crippen molar-refractivity contribution in [1.82, 2.24) is 10.2 Å². The van der Waals surface area contributed by atoms with Crippen LogP contribution in [-0.4, -0.2) is 43.2 Å². The quantitative estimate of drug-likeness (QED) is 0.883. The highest BCUT2D eigenvalue weighted by Gasteiger charge is 2.31. The molecule has 108 valence electrons. The average molecular weight is 274 g/mol. The second kappa shape index (κ2) is 6.37. The summed E-state index contributed by atoms with van der Waals surface area (Å²) in [5, 5.41) is 3.18. The minimum Gasteiger partial charge on any atom is -0.376 e. The molecular formula is C16H22N2O2. The Labute approximate surface area is 120 Å². The summed E-state index contributed by atoms with van der Waals surface area (Å²) < 4.78 is 5.69. The van der Waals surface area contributed by atoms with Crippen molar-refractivity contribution >= 4 is 5.91 Å². The third-order valence-corrected chi connectivity index (χ3v) is 4.11. The van der Waals surface area contributed by atoms with Gasteiger partial charge in [0.25, 0.3) is 0 Å². The molecule has 1 atom stereocenters. The van der Waals surface area contributed by atoms with Gasteiger partial charge >= 0.3 is 0 Å². The van der Waals surface area contributed by atoms with Crippen molar-refractivity contribution < 1.29 is 9.53 Å². The number of amides is 1. The monoisotopic (exact) mass is 274 g/mol. The Morgan fingerprint density at radius 3 is 2.70 bits per heavy atom. The summed E-state index contributed by atoms with van der Waals surface area (Å²) in [6.45, 7) is 3.88. The summed E-state index contributed by atoms with van der Waals surface area (Å²) >= 11 is 0. The number of nitrogens with zero attached hydrogens (tertiary/aromatic N) is 1. The molecule has 1 aromatic carbocycles. The smallest absolute Gasteiger partial charge is 0.228 e. The first-order valence-corrected chi connectivity index (χ1v) is 7.48. The number of nitrogens with one attached hydrogen (secondary N) is 1. The van der Waals surface area contributed by atoms with E-state index in [1.165, 1.54) is 5.56 Å². The Morgan fingerprint density at radius 1 is 1.30 bits per heavy atom. The van der Waals surface area contributed by atoms with Gasteiger partial charge in [0.1, 0.15) is 0 Å². The number of carbonyl (C=O) groups is 1. The van der Waals surface area contributed by atoms with Gasteiger partial charge in [-0.3, -0.25) is 4.79 Å². The average Bonchev–Trinajstić information content (AvgIpc) is 2.90. The van der Waals surface area contributed by atoms with E-state index in [2.05, 4.69) is 17.4 Å². The second-order valence-corrected chi connectivity index (χ2v) is 5.69. The maximum absolute atomic E-state index is 12.5. The van der Waals surface area contributed by atoms with E-state index < -0.39 is 0 Å². The van der Waals surface area contributed by atoms with E-state index in [0.29, 0.717) is 6.54 Å². The van der Waals surface area contributed by atoms with Crippen LogP contribution in [0.2, 0.25) is 0 Å². The molecule has 0 radical (unpaired) electrons. The molecule has 2 aliphatic rings. The first-order chi connectivity index (χ1) is 9.83. The van der Waals surface area contributed by atoms with E-state index in [0.717, 1.165) is 39.1 Å². The predicted molar refractivity (Wildman–Crippen MR) is 77.2 cm³/mol. The lowest BCUT2D eigenvalue weighted by Crippen LogP contribution is -2.53. The third-order valence-electron chi connectivity index (χ3n) is 4.11. The Morgan fingerprint density at radius 2 is 2.10 bits per heavy atom. The van der Waals surface area contributed by atoms with Gasteiger partial charge in [-0.2, -0.15) is 0 Å². The summed E-state index contributed by atoms with van der Waals surface area (Å²) in [7, 11) is 0. The molecule has 0 aliphatic carbocycles. The van der Waals surface area contributed by atoms with Gasteiger partial charge in [-0.05, 0) is 18.4 Å². The van der Waals surface area contributed by atoms with Gasteiger partial charge in [0.15, 0.2) is 0 Å². The molecule has 0 spiro atoms. The molecule has 0 saturated carbocycles. The van der Waals surface area contributed by atoms with Crippen LogP contribution in [0.15, 0.2) is 30.3 Å². The van der Waals surface area contributed by atoms with Crippen molar-refractivity contribution in [3.63, 3.8) is 0 Å². The van der Waals surface area contributed by atoms with Crippen LogP contribution in [0.3, 0.4) is 0 Å². The van der Waals surface area contributed by atoms with Gasteiger partial charge < -0.3 is 15.0 Å². The van der Waals surface area contributed by atoms with Gasteiger partial charge in [-0.25, -0.2) is 0 Å². The number of hydrogen-bond acceptors (Lipinski definition) is 3. The number of ether oxygens (including phenoxy) is 1. The van der Waals surface area contributed by atoms with Gasteiger partial charge in [-0.15, -0.1) is 0 Å². The van der Waals surface area contributed by atoms with E-state index in [1.54, 1.807) is 0 Å². The molecular weight excluding hydrogens is 252 g/mol. The summed E-state index contributed by atoms with van der Waals surface area (Å²) in [5.74, 6) is 0.420.